The van der Waals surface area contributed by atoms with Gasteiger partial charge in [-0.25, -0.2) is 9.97 Å². The third-order valence-corrected chi connectivity index (χ3v) is 8.67. The molecule has 7 rings (SSSR count). The van der Waals surface area contributed by atoms with Crippen LogP contribution in [0.25, 0.3) is 45.4 Å². The van der Waals surface area contributed by atoms with E-state index in [2.05, 4.69) is 95.3 Å². The molecule has 6 nitrogen and oxygen atoms in total. The first-order chi connectivity index (χ1) is 23.6. The Hall–Kier alpha value is -6.50. The van der Waals surface area contributed by atoms with E-state index in [0.29, 0.717) is 34.9 Å². The van der Waals surface area contributed by atoms with E-state index in [-0.39, 0.29) is 0 Å². The molecular formula is C42H32N6. The number of aromatic nitrogens is 3. The molecule has 0 saturated heterocycles. The van der Waals surface area contributed by atoms with Crippen molar-refractivity contribution in [2.24, 2.45) is 0 Å². The zero-order valence-electron chi connectivity index (χ0n) is 26.8. The average Bonchev–Trinajstić information content (AvgIpc) is 3.48. The van der Waals surface area contributed by atoms with Gasteiger partial charge in [0.15, 0.2) is 0 Å². The number of para-hydroxylation sites is 2. The number of hydrogen-bond donors (Lipinski definition) is 0. The van der Waals surface area contributed by atoms with Gasteiger partial charge in [-0.1, -0.05) is 85.0 Å². The highest BCUT2D eigenvalue weighted by atomic mass is 15.2. The summed E-state index contributed by atoms with van der Waals surface area (Å²) in [7, 11) is 0. The molecule has 4 aromatic carbocycles. The van der Waals surface area contributed by atoms with Crippen molar-refractivity contribution < 1.29 is 0 Å². The van der Waals surface area contributed by atoms with Crippen LogP contribution in [0.5, 0.6) is 0 Å². The van der Waals surface area contributed by atoms with Crippen LogP contribution in [0.1, 0.15) is 41.8 Å². The lowest BCUT2D eigenvalue weighted by molar-refractivity contribution is 0.898. The largest absolute Gasteiger partial charge is 0.341 e. The number of hydrogen-bond acceptors (Lipinski definition) is 5. The lowest BCUT2D eigenvalue weighted by Gasteiger charge is -2.26. The van der Waals surface area contributed by atoms with Crippen molar-refractivity contribution in [2.75, 3.05) is 11.4 Å². The number of allylic oxidation sites excluding steroid dienone is 4. The molecule has 0 aliphatic carbocycles. The van der Waals surface area contributed by atoms with Crippen LogP contribution in [-0.4, -0.2) is 21.1 Å². The number of fused-ring (bicyclic) bond motifs is 4. The molecule has 1 aliphatic heterocycles. The van der Waals surface area contributed by atoms with Crippen molar-refractivity contribution in [3.8, 4) is 40.6 Å². The molecule has 0 unspecified atom stereocenters. The molecule has 0 radical (unpaired) electrons. The number of rotatable bonds is 5. The van der Waals surface area contributed by atoms with E-state index < -0.39 is 0 Å². The minimum absolute atomic E-state index is 0.524. The molecule has 6 heteroatoms. The number of nitrogens with zero attached hydrogens (tertiary/aromatic N) is 6. The van der Waals surface area contributed by atoms with Gasteiger partial charge in [0, 0.05) is 52.1 Å². The van der Waals surface area contributed by atoms with Crippen molar-refractivity contribution >= 4 is 22.7 Å². The summed E-state index contributed by atoms with van der Waals surface area (Å²) in [5, 5.41) is 20.5. The molecule has 0 N–H and O–H groups in total. The van der Waals surface area contributed by atoms with Gasteiger partial charge >= 0.3 is 0 Å². The molecule has 48 heavy (non-hydrogen) atoms. The maximum Gasteiger partial charge on any atom is 0.235 e. The van der Waals surface area contributed by atoms with Gasteiger partial charge in [0.2, 0.25) is 5.95 Å². The second-order valence-corrected chi connectivity index (χ2v) is 11.7. The fraction of sp³-hybridized carbons (Fsp3) is 0.0952. The van der Waals surface area contributed by atoms with Crippen molar-refractivity contribution in [2.45, 2.75) is 20.3 Å². The Bertz CT molecular complexity index is 2280. The first-order valence-electron chi connectivity index (χ1n) is 15.9. The molecule has 0 spiro atoms. The summed E-state index contributed by atoms with van der Waals surface area (Å²) in [5.41, 5.74) is 10.8. The normalized spacial score (nSPS) is 13.6. The third kappa shape index (κ3) is 5.68. The fourth-order valence-electron chi connectivity index (χ4n) is 6.37. The highest BCUT2D eigenvalue weighted by Gasteiger charge is 2.23. The zero-order valence-corrected chi connectivity index (χ0v) is 26.8. The first kappa shape index (κ1) is 30.2. The Balaban J connectivity index is 1.50. The lowest BCUT2D eigenvalue weighted by Crippen LogP contribution is -2.22. The van der Waals surface area contributed by atoms with Crippen LogP contribution in [0.15, 0.2) is 133 Å². The average molecular weight is 621 g/mol. The van der Waals surface area contributed by atoms with E-state index in [1.54, 1.807) is 12.1 Å². The highest BCUT2D eigenvalue weighted by molar-refractivity contribution is 5.93. The highest BCUT2D eigenvalue weighted by Crippen LogP contribution is 2.36. The van der Waals surface area contributed by atoms with Crippen LogP contribution in [-0.2, 0) is 6.42 Å². The van der Waals surface area contributed by atoms with Gasteiger partial charge in [-0.15, -0.1) is 0 Å². The summed E-state index contributed by atoms with van der Waals surface area (Å²) < 4.78 is 2.18. The standard InChI is InChI=1S/C42H32N6/c1-3-4-12-29(2)47-22-11-19-36-35-18-6-8-21-40(35)48(41(36)25-34-15-5-7-20-39(34)47)42-45-37(32-16-9-13-30(23-32)27-43)26-38(46-42)33-17-10-14-31(24-33)28-44/h3-21,23-24,26H,22,25H2,1-2H3/b4-3-,19-11-,29-12+. The summed E-state index contributed by atoms with van der Waals surface area (Å²) >= 11 is 0. The van der Waals surface area contributed by atoms with Crippen LogP contribution in [0.2, 0.25) is 0 Å². The topological polar surface area (TPSA) is 81.5 Å². The third-order valence-electron chi connectivity index (χ3n) is 8.67. The van der Waals surface area contributed by atoms with Gasteiger partial charge in [-0.3, -0.25) is 4.57 Å². The van der Waals surface area contributed by atoms with Gasteiger partial charge in [-0.05, 0) is 68.0 Å². The van der Waals surface area contributed by atoms with Gasteiger partial charge in [-0.2, -0.15) is 10.5 Å². The van der Waals surface area contributed by atoms with Crippen molar-refractivity contribution in [1.82, 2.24) is 14.5 Å². The molecule has 3 heterocycles. The molecule has 2 aromatic heterocycles. The van der Waals surface area contributed by atoms with Gasteiger partial charge in [0.05, 0.1) is 40.2 Å². The Labute approximate surface area is 280 Å². The SMILES string of the molecule is C/C=C\C=C(/C)N1C/C=C\c2c(n(-c3nc(-c4cccc(C#N)c4)cc(-c4cccc(C#N)c4)n3)c3ccccc23)Cc2ccccc21. The fourth-order valence-corrected chi connectivity index (χ4v) is 6.37. The second-order valence-electron chi connectivity index (χ2n) is 11.7. The molecule has 0 amide bonds. The molecule has 0 atom stereocenters. The van der Waals surface area contributed by atoms with E-state index in [9.17, 15) is 10.5 Å². The Morgan fingerprint density at radius 3 is 2.15 bits per heavy atom. The Kier molecular flexibility index (Phi) is 8.22. The predicted octanol–water partition coefficient (Wildman–Crippen LogP) is 9.40. The second kappa shape index (κ2) is 13.1. The minimum Gasteiger partial charge on any atom is -0.341 e. The van der Waals surface area contributed by atoms with Crippen molar-refractivity contribution in [1.29, 1.82) is 10.5 Å². The predicted molar refractivity (Wildman–Crippen MR) is 193 cm³/mol. The van der Waals surface area contributed by atoms with Crippen LogP contribution in [0.4, 0.5) is 5.69 Å². The summed E-state index contributed by atoms with van der Waals surface area (Å²) in [6.45, 7) is 4.89. The maximum atomic E-state index is 9.67. The van der Waals surface area contributed by atoms with Crippen LogP contribution in [0, 0.1) is 22.7 Å². The molecule has 1 aliphatic rings. The minimum atomic E-state index is 0.524. The van der Waals surface area contributed by atoms with E-state index in [1.165, 1.54) is 5.56 Å². The summed E-state index contributed by atoms with van der Waals surface area (Å²) in [6.07, 6.45) is 11.4. The van der Waals surface area contributed by atoms with Crippen molar-refractivity contribution in [3.63, 3.8) is 0 Å². The lowest BCUT2D eigenvalue weighted by atomic mass is 10.0. The van der Waals surface area contributed by atoms with Gasteiger partial charge in [0.1, 0.15) is 0 Å². The van der Waals surface area contributed by atoms with E-state index in [4.69, 9.17) is 9.97 Å². The molecule has 0 fully saturated rings. The quantitative estimate of drug-likeness (QED) is 0.179. The summed E-state index contributed by atoms with van der Waals surface area (Å²) in [6, 6.07) is 38.3. The number of benzene rings is 4. The Morgan fingerprint density at radius 2 is 1.46 bits per heavy atom. The summed E-state index contributed by atoms with van der Waals surface area (Å²) in [5.74, 6) is 0.524. The van der Waals surface area contributed by atoms with Gasteiger partial charge in [0.25, 0.3) is 0 Å². The first-order valence-corrected chi connectivity index (χ1v) is 15.9. The van der Waals surface area contributed by atoms with Crippen LogP contribution in [0.3, 0.4) is 0 Å². The number of nitriles is 2. The maximum absolute atomic E-state index is 9.67. The summed E-state index contributed by atoms with van der Waals surface area (Å²) in [4.78, 5) is 12.7. The van der Waals surface area contributed by atoms with E-state index in [0.717, 1.165) is 51.2 Å². The van der Waals surface area contributed by atoms with E-state index >= 15 is 0 Å². The smallest absolute Gasteiger partial charge is 0.235 e. The molecule has 6 aromatic rings. The molecular weight excluding hydrogens is 589 g/mol. The molecule has 230 valence electrons. The monoisotopic (exact) mass is 620 g/mol. The van der Waals surface area contributed by atoms with Gasteiger partial charge < -0.3 is 4.90 Å². The van der Waals surface area contributed by atoms with Crippen LogP contribution >= 0.6 is 0 Å². The Morgan fingerprint density at radius 1 is 0.792 bits per heavy atom. The van der Waals surface area contributed by atoms with Crippen molar-refractivity contribution in [3.05, 3.63) is 161 Å². The molecule has 0 saturated carbocycles. The number of anilines is 1. The van der Waals surface area contributed by atoms with E-state index in [1.807, 2.05) is 61.5 Å². The molecule has 0 bridgehead atoms. The van der Waals surface area contributed by atoms with Crippen LogP contribution < -0.4 is 4.90 Å². The zero-order chi connectivity index (χ0) is 33.0.